The van der Waals surface area contributed by atoms with Gasteiger partial charge in [0.05, 0.1) is 23.8 Å². The van der Waals surface area contributed by atoms with Crippen LogP contribution >= 0.6 is 11.6 Å². The van der Waals surface area contributed by atoms with Crippen LogP contribution in [0.5, 0.6) is 11.5 Å². The molecule has 1 aromatic rings. The molecule has 0 unspecified atom stereocenters. The zero-order valence-electron chi connectivity index (χ0n) is 11.9. The van der Waals surface area contributed by atoms with Crippen LogP contribution in [-0.2, 0) is 0 Å². The van der Waals surface area contributed by atoms with Gasteiger partial charge in [-0.1, -0.05) is 11.6 Å². The molecule has 0 atom stereocenters. The van der Waals surface area contributed by atoms with Crippen LogP contribution in [0, 0.1) is 11.3 Å². The van der Waals surface area contributed by atoms with Crippen molar-refractivity contribution in [2.45, 2.75) is 26.7 Å². The number of anilines is 1. The van der Waals surface area contributed by atoms with Crippen molar-refractivity contribution in [1.29, 1.82) is 5.26 Å². The van der Waals surface area contributed by atoms with E-state index in [4.69, 9.17) is 21.1 Å². The van der Waals surface area contributed by atoms with Crippen LogP contribution in [0.15, 0.2) is 6.07 Å². The summed E-state index contributed by atoms with van der Waals surface area (Å²) in [5.41, 5.74) is 1.25. The van der Waals surface area contributed by atoms with E-state index in [1.807, 2.05) is 13.8 Å². The summed E-state index contributed by atoms with van der Waals surface area (Å²) < 4.78 is 11.4. The Morgan fingerprint density at radius 3 is 2.45 bits per heavy atom. The largest absolute Gasteiger partial charge is 0.490 e. The van der Waals surface area contributed by atoms with E-state index in [0.29, 0.717) is 35.3 Å². The van der Waals surface area contributed by atoms with Gasteiger partial charge in [0.25, 0.3) is 0 Å². The van der Waals surface area contributed by atoms with Gasteiger partial charge in [0, 0.05) is 19.2 Å². The topological polar surface area (TPSA) is 45.5 Å². The monoisotopic (exact) mass is 294 g/mol. The maximum Gasteiger partial charge on any atom is 0.186 e. The quantitative estimate of drug-likeness (QED) is 0.832. The Labute approximate surface area is 124 Å². The fraction of sp³-hybridized carbons (Fsp3) is 0.533. The molecule has 108 valence electrons. The molecule has 0 N–H and O–H groups in total. The first kappa shape index (κ1) is 14.8. The van der Waals surface area contributed by atoms with Crippen molar-refractivity contribution >= 4 is 17.3 Å². The standard InChI is InChI=1S/C15H19ClN2O2/c1-3-19-13-9-12(16)11(10-17)14(15(13)20-4-2)18-7-5-6-8-18/h9H,3-8H2,1-2H3. The Bertz CT molecular complexity index is 520. The molecule has 1 saturated heterocycles. The van der Waals surface area contributed by atoms with Crippen LogP contribution < -0.4 is 14.4 Å². The molecule has 0 aromatic heterocycles. The summed E-state index contributed by atoms with van der Waals surface area (Å²) in [6.45, 7) is 6.72. The molecule has 0 radical (unpaired) electrons. The molecule has 0 aliphatic carbocycles. The summed E-state index contributed by atoms with van der Waals surface area (Å²) in [5.74, 6) is 1.25. The first-order chi connectivity index (χ1) is 9.72. The lowest BCUT2D eigenvalue weighted by Gasteiger charge is -2.24. The predicted molar refractivity (Wildman–Crippen MR) is 80.0 cm³/mol. The number of nitrogens with zero attached hydrogens (tertiary/aromatic N) is 2. The van der Waals surface area contributed by atoms with Crippen LogP contribution in [0.1, 0.15) is 32.3 Å². The molecule has 1 fully saturated rings. The Morgan fingerprint density at radius 2 is 1.90 bits per heavy atom. The van der Waals surface area contributed by atoms with Crippen LogP contribution in [0.3, 0.4) is 0 Å². The lowest BCUT2D eigenvalue weighted by Crippen LogP contribution is -2.20. The van der Waals surface area contributed by atoms with Crippen molar-refractivity contribution in [3.05, 3.63) is 16.7 Å². The number of rotatable bonds is 5. The van der Waals surface area contributed by atoms with E-state index >= 15 is 0 Å². The molecule has 1 aliphatic rings. The molecule has 1 heterocycles. The fourth-order valence-electron chi connectivity index (χ4n) is 2.49. The minimum Gasteiger partial charge on any atom is -0.490 e. The highest BCUT2D eigenvalue weighted by molar-refractivity contribution is 6.32. The zero-order chi connectivity index (χ0) is 14.5. The van der Waals surface area contributed by atoms with Crippen molar-refractivity contribution in [3.63, 3.8) is 0 Å². The second kappa shape index (κ2) is 6.71. The van der Waals surface area contributed by atoms with Gasteiger partial charge in [0.2, 0.25) is 0 Å². The third-order valence-corrected chi connectivity index (χ3v) is 3.59. The molecule has 0 bridgehead atoms. The highest BCUT2D eigenvalue weighted by Crippen LogP contribution is 2.45. The Balaban J connectivity index is 2.60. The highest BCUT2D eigenvalue weighted by atomic mass is 35.5. The molecular formula is C15H19ClN2O2. The van der Waals surface area contributed by atoms with E-state index in [2.05, 4.69) is 11.0 Å². The van der Waals surface area contributed by atoms with E-state index in [1.54, 1.807) is 6.07 Å². The van der Waals surface area contributed by atoms with Crippen LogP contribution in [0.2, 0.25) is 5.02 Å². The fourth-order valence-corrected chi connectivity index (χ4v) is 2.72. The van der Waals surface area contributed by atoms with Crippen LogP contribution in [-0.4, -0.2) is 26.3 Å². The molecule has 4 nitrogen and oxygen atoms in total. The molecular weight excluding hydrogens is 276 g/mol. The van der Waals surface area contributed by atoms with E-state index < -0.39 is 0 Å². The van der Waals surface area contributed by atoms with Crippen molar-refractivity contribution < 1.29 is 9.47 Å². The lowest BCUT2D eigenvalue weighted by molar-refractivity contribution is 0.288. The van der Waals surface area contributed by atoms with Crippen molar-refractivity contribution in [3.8, 4) is 17.6 Å². The maximum atomic E-state index is 9.42. The van der Waals surface area contributed by atoms with E-state index in [9.17, 15) is 5.26 Å². The Hall–Kier alpha value is -1.60. The summed E-state index contributed by atoms with van der Waals surface area (Å²) in [6.07, 6.45) is 2.24. The molecule has 0 spiro atoms. The summed E-state index contributed by atoms with van der Waals surface area (Å²) >= 11 is 6.24. The number of ether oxygens (including phenoxy) is 2. The average Bonchev–Trinajstić information content (AvgIpc) is 2.95. The molecule has 1 aromatic carbocycles. The third-order valence-electron chi connectivity index (χ3n) is 3.29. The summed E-state index contributed by atoms with van der Waals surface area (Å²) in [7, 11) is 0. The van der Waals surface area contributed by atoms with Gasteiger partial charge < -0.3 is 14.4 Å². The van der Waals surface area contributed by atoms with Gasteiger partial charge >= 0.3 is 0 Å². The second-order valence-corrected chi connectivity index (χ2v) is 4.99. The molecule has 0 amide bonds. The van der Waals surface area contributed by atoms with E-state index in [0.717, 1.165) is 31.6 Å². The molecule has 20 heavy (non-hydrogen) atoms. The number of hydrogen-bond donors (Lipinski definition) is 0. The van der Waals surface area contributed by atoms with Gasteiger partial charge in [0.1, 0.15) is 11.8 Å². The summed E-state index contributed by atoms with van der Waals surface area (Å²) in [4.78, 5) is 2.16. The molecule has 0 saturated carbocycles. The number of nitriles is 1. The van der Waals surface area contributed by atoms with Crippen molar-refractivity contribution in [1.82, 2.24) is 0 Å². The zero-order valence-corrected chi connectivity index (χ0v) is 12.7. The predicted octanol–water partition coefficient (Wildman–Crippen LogP) is 3.61. The normalized spacial score (nSPS) is 14.2. The number of hydrogen-bond acceptors (Lipinski definition) is 4. The van der Waals surface area contributed by atoms with Crippen LogP contribution in [0.4, 0.5) is 5.69 Å². The average molecular weight is 295 g/mol. The SMILES string of the molecule is CCOc1cc(Cl)c(C#N)c(N2CCCC2)c1OCC. The molecule has 2 rings (SSSR count). The Kier molecular flexibility index (Phi) is 4.97. The first-order valence-corrected chi connectivity index (χ1v) is 7.37. The van der Waals surface area contributed by atoms with E-state index in [1.165, 1.54) is 0 Å². The highest BCUT2D eigenvalue weighted by Gasteiger charge is 2.26. The summed E-state index contributed by atoms with van der Waals surface area (Å²) in [5, 5.41) is 9.83. The van der Waals surface area contributed by atoms with Gasteiger partial charge in [-0.05, 0) is 26.7 Å². The minimum atomic E-state index is 0.418. The van der Waals surface area contributed by atoms with Crippen molar-refractivity contribution in [2.24, 2.45) is 0 Å². The minimum absolute atomic E-state index is 0.418. The third kappa shape index (κ3) is 2.78. The van der Waals surface area contributed by atoms with Gasteiger partial charge in [-0.2, -0.15) is 5.26 Å². The van der Waals surface area contributed by atoms with E-state index in [-0.39, 0.29) is 0 Å². The maximum absolute atomic E-state index is 9.42. The number of benzene rings is 1. The summed E-state index contributed by atoms with van der Waals surface area (Å²) in [6, 6.07) is 3.87. The van der Waals surface area contributed by atoms with Gasteiger partial charge in [-0.15, -0.1) is 0 Å². The van der Waals surface area contributed by atoms with Gasteiger partial charge in [0.15, 0.2) is 11.5 Å². The van der Waals surface area contributed by atoms with Crippen molar-refractivity contribution in [2.75, 3.05) is 31.2 Å². The first-order valence-electron chi connectivity index (χ1n) is 7.00. The lowest BCUT2D eigenvalue weighted by atomic mass is 10.1. The molecule has 1 aliphatic heterocycles. The Morgan fingerprint density at radius 1 is 1.25 bits per heavy atom. The second-order valence-electron chi connectivity index (χ2n) is 4.58. The smallest absolute Gasteiger partial charge is 0.186 e. The van der Waals surface area contributed by atoms with Gasteiger partial charge in [-0.3, -0.25) is 0 Å². The van der Waals surface area contributed by atoms with Gasteiger partial charge in [-0.25, -0.2) is 0 Å². The van der Waals surface area contributed by atoms with Crippen LogP contribution in [0.25, 0.3) is 0 Å². The molecule has 5 heteroatoms. The number of halogens is 1.